The monoisotopic (exact) mass is 337 g/mol. The summed E-state index contributed by atoms with van der Waals surface area (Å²) in [6.07, 6.45) is 0. The zero-order chi connectivity index (χ0) is 15.3. The minimum Gasteiger partial charge on any atom is -0.478 e. The first-order valence-electron chi connectivity index (χ1n) is 5.91. The van der Waals surface area contributed by atoms with Gasteiger partial charge in [0.1, 0.15) is 0 Å². The lowest BCUT2D eigenvalue weighted by molar-refractivity contribution is 0.0697. The van der Waals surface area contributed by atoms with Gasteiger partial charge in [-0.25, -0.2) is 17.9 Å². The highest BCUT2D eigenvalue weighted by molar-refractivity contribution is 7.99. The van der Waals surface area contributed by atoms with Crippen molar-refractivity contribution in [1.82, 2.24) is 4.72 Å². The highest BCUT2D eigenvalue weighted by atomic mass is 35.5. The van der Waals surface area contributed by atoms with Crippen LogP contribution >= 0.6 is 23.4 Å². The Morgan fingerprint density at radius 1 is 1.50 bits per heavy atom. The first-order valence-corrected chi connectivity index (χ1v) is 8.92. The van der Waals surface area contributed by atoms with Gasteiger partial charge in [0.15, 0.2) is 0 Å². The average molecular weight is 338 g/mol. The van der Waals surface area contributed by atoms with E-state index in [1.54, 1.807) is 18.7 Å². The standard InChI is InChI=1S/C12H16ClNO4S2/c1-3-19-7-8(2)14-20(17,18)9-4-5-10(12(15)16)11(13)6-9/h4-6,8,14H,3,7H2,1-2H3,(H,15,16). The Morgan fingerprint density at radius 2 is 2.15 bits per heavy atom. The SMILES string of the molecule is CCSCC(C)NS(=O)(=O)c1ccc(C(=O)O)c(Cl)c1. The fourth-order valence-electron chi connectivity index (χ4n) is 1.50. The number of benzene rings is 1. The Balaban J connectivity index is 2.93. The number of carbonyl (C=O) groups is 1. The highest BCUT2D eigenvalue weighted by Gasteiger charge is 2.19. The molecule has 5 nitrogen and oxygen atoms in total. The van der Waals surface area contributed by atoms with Gasteiger partial charge >= 0.3 is 5.97 Å². The lowest BCUT2D eigenvalue weighted by Gasteiger charge is -2.14. The smallest absolute Gasteiger partial charge is 0.337 e. The molecule has 0 amide bonds. The number of hydrogen-bond acceptors (Lipinski definition) is 4. The maximum absolute atomic E-state index is 12.1. The van der Waals surface area contributed by atoms with Crippen LogP contribution in [0.15, 0.2) is 23.1 Å². The van der Waals surface area contributed by atoms with Crippen LogP contribution in [0.2, 0.25) is 5.02 Å². The molecule has 1 atom stereocenters. The Kier molecular flexibility index (Phi) is 6.32. The van der Waals surface area contributed by atoms with Crippen molar-refractivity contribution >= 4 is 39.4 Å². The van der Waals surface area contributed by atoms with Gasteiger partial charge in [-0.15, -0.1) is 0 Å². The number of carboxylic acid groups (broad SMARTS) is 1. The van der Waals surface area contributed by atoms with Crippen molar-refractivity contribution in [1.29, 1.82) is 0 Å². The summed E-state index contributed by atoms with van der Waals surface area (Å²) in [4.78, 5) is 10.8. The molecular formula is C12H16ClNO4S2. The summed E-state index contributed by atoms with van der Waals surface area (Å²) < 4.78 is 26.8. The average Bonchev–Trinajstić information content (AvgIpc) is 2.35. The summed E-state index contributed by atoms with van der Waals surface area (Å²) in [7, 11) is -3.70. The predicted molar refractivity (Wildman–Crippen MR) is 81.2 cm³/mol. The molecule has 1 unspecified atom stereocenters. The Morgan fingerprint density at radius 3 is 2.65 bits per heavy atom. The third-order valence-electron chi connectivity index (χ3n) is 2.41. The van der Waals surface area contributed by atoms with E-state index in [2.05, 4.69) is 4.72 Å². The fourth-order valence-corrected chi connectivity index (χ4v) is 3.87. The van der Waals surface area contributed by atoms with E-state index in [1.807, 2.05) is 6.92 Å². The third kappa shape index (κ3) is 4.66. The van der Waals surface area contributed by atoms with Crippen LogP contribution in [0.5, 0.6) is 0 Å². The molecule has 0 heterocycles. The van der Waals surface area contributed by atoms with Crippen LogP contribution in [0.1, 0.15) is 24.2 Å². The van der Waals surface area contributed by atoms with Crippen LogP contribution in [0.25, 0.3) is 0 Å². The second kappa shape index (κ2) is 7.31. The van der Waals surface area contributed by atoms with E-state index in [9.17, 15) is 13.2 Å². The Labute approximate surface area is 127 Å². The molecule has 0 fully saturated rings. The van der Waals surface area contributed by atoms with Crippen molar-refractivity contribution < 1.29 is 18.3 Å². The van der Waals surface area contributed by atoms with Gasteiger partial charge in [0.2, 0.25) is 10.0 Å². The summed E-state index contributed by atoms with van der Waals surface area (Å²) >= 11 is 7.40. The molecule has 0 aliphatic carbocycles. The first kappa shape index (κ1) is 17.3. The van der Waals surface area contributed by atoms with Gasteiger partial charge in [-0.05, 0) is 30.9 Å². The van der Waals surface area contributed by atoms with E-state index in [0.29, 0.717) is 5.75 Å². The summed E-state index contributed by atoms with van der Waals surface area (Å²) in [5.74, 6) is 0.377. The largest absolute Gasteiger partial charge is 0.478 e. The summed E-state index contributed by atoms with van der Waals surface area (Å²) in [5, 5.41) is 8.75. The zero-order valence-electron chi connectivity index (χ0n) is 11.1. The van der Waals surface area contributed by atoms with Crippen molar-refractivity contribution in [2.75, 3.05) is 11.5 Å². The predicted octanol–water partition coefficient (Wildman–Crippen LogP) is 2.46. The molecule has 1 rings (SSSR count). The molecule has 0 aromatic heterocycles. The normalized spacial score (nSPS) is 13.2. The van der Waals surface area contributed by atoms with Gasteiger partial charge in [-0.3, -0.25) is 0 Å². The number of thioether (sulfide) groups is 1. The van der Waals surface area contributed by atoms with Crippen molar-refractivity contribution in [3.8, 4) is 0 Å². The van der Waals surface area contributed by atoms with Gasteiger partial charge in [-0.1, -0.05) is 18.5 Å². The van der Waals surface area contributed by atoms with Crippen LogP contribution in [0, 0.1) is 0 Å². The Bertz CT molecular complexity index is 589. The minimum atomic E-state index is -3.70. The van der Waals surface area contributed by atoms with E-state index in [-0.39, 0.29) is 21.5 Å². The summed E-state index contributed by atoms with van der Waals surface area (Å²) in [5.41, 5.74) is -0.125. The van der Waals surface area contributed by atoms with Crippen molar-refractivity contribution in [2.24, 2.45) is 0 Å². The topological polar surface area (TPSA) is 83.5 Å². The van der Waals surface area contributed by atoms with Crippen LogP contribution in [-0.4, -0.2) is 37.0 Å². The van der Waals surface area contributed by atoms with E-state index in [0.717, 1.165) is 11.8 Å². The van der Waals surface area contributed by atoms with Gasteiger partial charge in [0.25, 0.3) is 0 Å². The highest BCUT2D eigenvalue weighted by Crippen LogP contribution is 2.21. The second-order valence-electron chi connectivity index (χ2n) is 4.13. The summed E-state index contributed by atoms with van der Waals surface area (Å²) in [6.45, 7) is 3.77. The molecule has 1 aromatic rings. The number of carboxylic acids is 1. The number of rotatable bonds is 7. The second-order valence-corrected chi connectivity index (χ2v) is 7.57. The first-order chi connectivity index (χ1) is 9.27. The number of hydrogen-bond donors (Lipinski definition) is 2. The molecule has 0 bridgehead atoms. The molecule has 0 spiro atoms. The minimum absolute atomic E-state index is 0.0409. The quantitative estimate of drug-likeness (QED) is 0.798. The van der Waals surface area contributed by atoms with E-state index in [1.165, 1.54) is 12.1 Å². The lowest BCUT2D eigenvalue weighted by atomic mass is 10.2. The molecule has 1 aromatic carbocycles. The molecule has 0 aliphatic heterocycles. The van der Waals surface area contributed by atoms with Crippen molar-refractivity contribution in [3.63, 3.8) is 0 Å². The third-order valence-corrected chi connectivity index (χ3v) is 5.45. The van der Waals surface area contributed by atoms with Crippen LogP contribution in [0.4, 0.5) is 0 Å². The zero-order valence-corrected chi connectivity index (χ0v) is 13.5. The van der Waals surface area contributed by atoms with Gasteiger partial charge < -0.3 is 5.11 Å². The van der Waals surface area contributed by atoms with Crippen LogP contribution in [0.3, 0.4) is 0 Å². The van der Waals surface area contributed by atoms with Crippen molar-refractivity contribution in [3.05, 3.63) is 28.8 Å². The van der Waals surface area contributed by atoms with Gasteiger partial charge in [-0.2, -0.15) is 11.8 Å². The molecule has 0 saturated carbocycles. The molecule has 0 aliphatic rings. The van der Waals surface area contributed by atoms with E-state index in [4.69, 9.17) is 16.7 Å². The Hall–Kier alpha value is -0.760. The van der Waals surface area contributed by atoms with Crippen LogP contribution in [-0.2, 0) is 10.0 Å². The summed E-state index contributed by atoms with van der Waals surface area (Å²) in [6, 6.07) is 3.34. The number of sulfonamides is 1. The fraction of sp³-hybridized carbons (Fsp3) is 0.417. The van der Waals surface area contributed by atoms with Crippen LogP contribution < -0.4 is 4.72 Å². The van der Waals surface area contributed by atoms with Crippen molar-refractivity contribution in [2.45, 2.75) is 24.8 Å². The number of aromatic carboxylic acids is 1. The molecule has 2 N–H and O–H groups in total. The molecule has 8 heteroatoms. The van der Waals surface area contributed by atoms with Gasteiger partial charge in [0.05, 0.1) is 15.5 Å². The molecule has 112 valence electrons. The molecule has 0 radical (unpaired) electrons. The number of halogens is 1. The maximum atomic E-state index is 12.1. The molecule has 0 saturated heterocycles. The van der Waals surface area contributed by atoms with E-state index < -0.39 is 16.0 Å². The lowest BCUT2D eigenvalue weighted by Crippen LogP contribution is -2.34. The van der Waals surface area contributed by atoms with Gasteiger partial charge in [0, 0.05) is 11.8 Å². The van der Waals surface area contributed by atoms with E-state index >= 15 is 0 Å². The molecular weight excluding hydrogens is 322 g/mol. The maximum Gasteiger partial charge on any atom is 0.337 e. The number of nitrogens with one attached hydrogen (secondary N) is 1. The molecule has 20 heavy (non-hydrogen) atoms.